The van der Waals surface area contributed by atoms with Crippen LogP contribution in [0, 0.1) is 0 Å². The molecule has 2 heterocycles. The average Bonchev–Trinajstić information content (AvgIpc) is 3.03. The first-order chi connectivity index (χ1) is 10.4. The number of hydrogen-bond acceptors (Lipinski definition) is 3. The zero-order valence-electron chi connectivity index (χ0n) is 12.6. The summed E-state index contributed by atoms with van der Waals surface area (Å²) in [6, 6.07) is 11.6. The predicted molar refractivity (Wildman–Crippen MR) is 90.2 cm³/mol. The lowest BCUT2D eigenvalue weighted by Crippen LogP contribution is -2.45. The third-order valence-corrected chi connectivity index (χ3v) is 5.53. The molecule has 0 saturated carbocycles. The van der Waals surface area contributed by atoms with E-state index in [1.807, 2.05) is 0 Å². The van der Waals surface area contributed by atoms with E-state index in [-0.39, 0.29) is 0 Å². The highest BCUT2D eigenvalue weighted by Crippen LogP contribution is 2.23. The van der Waals surface area contributed by atoms with Crippen LogP contribution in [0.5, 0.6) is 0 Å². The number of nitrogens with zero attached hydrogens (tertiary/aromatic N) is 2. The van der Waals surface area contributed by atoms with Crippen molar-refractivity contribution >= 4 is 15.9 Å². The Morgan fingerprint density at radius 3 is 2.62 bits per heavy atom. The zero-order valence-corrected chi connectivity index (χ0v) is 14.2. The zero-order chi connectivity index (χ0) is 14.5. The topological polar surface area (TPSA) is 15.7 Å². The molecule has 0 radical (unpaired) electrons. The summed E-state index contributed by atoms with van der Waals surface area (Å²) in [5.41, 5.74) is 1.45. The van der Waals surface area contributed by atoms with Gasteiger partial charge in [0.05, 0.1) is 13.2 Å². The predicted octanol–water partition coefficient (Wildman–Crippen LogP) is 2.57. The Bertz CT molecular complexity index is 422. The van der Waals surface area contributed by atoms with Crippen molar-refractivity contribution in [3.63, 3.8) is 0 Å². The SMILES string of the molecule is BrCC(CN1CCC(N2CCOCC2)C1)c1ccccc1. The van der Waals surface area contributed by atoms with Gasteiger partial charge in [-0.1, -0.05) is 46.3 Å². The van der Waals surface area contributed by atoms with Crippen LogP contribution < -0.4 is 0 Å². The Morgan fingerprint density at radius 2 is 1.90 bits per heavy atom. The van der Waals surface area contributed by atoms with Gasteiger partial charge < -0.3 is 9.64 Å². The lowest BCUT2D eigenvalue weighted by Gasteiger charge is -2.32. The van der Waals surface area contributed by atoms with Crippen molar-refractivity contribution in [3.05, 3.63) is 35.9 Å². The number of likely N-dealkylation sites (tertiary alicyclic amines) is 1. The molecule has 2 saturated heterocycles. The lowest BCUT2D eigenvalue weighted by atomic mass is 10.0. The maximum Gasteiger partial charge on any atom is 0.0594 e. The van der Waals surface area contributed by atoms with Gasteiger partial charge in [-0.05, 0) is 18.5 Å². The van der Waals surface area contributed by atoms with Crippen LogP contribution in [0.3, 0.4) is 0 Å². The molecule has 0 amide bonds. The van der Waals surface area contributed by atoms with Crippen LogP contribution in [0.4, 0.5) is 0 Å². The fraction of sp³-hybridized carbons (Fsp3) is 0.647. The van der Waals surface area contributed by atoms with E-state index in [4.69, 9.17) is 4.74 Å². The van der Waals surface area contributed by atoms with Crippen LogP contribution in [-0.2, 0) is 4.74 Å². The van der Waals surface area contributed by atoms with Crippen molar-refractivity contribution in [1.29, 1.82) is 0 Å². The summed E-state index contributed by atoms with van der Waals surface area (Å²) in [4.78, 5) is 5.26. The van der Waals surface area contributed by atoms with Crippen molar-refractivity contribution in [2.24, 2.45) is 0 Å². The Morgan fingerprint density at radius 1 is 1.14 bits per heavy atom. The van der Waals surface area contributed by atoms with Crippen molar-refractivity contribution in [1.82, 2.24) is 9.80 Å². The standard InChI is InChI=1S/C17H25BrN2O/c18-12-16(15-4-2-1-3-5-15)13-19-7-6-17(14-19)20-8-10-21-11-9-20/h1-5,16-17H,6-14H2. The number of benzene rings is 1. The summed E-state index contributed by atoms with van der Waals surface area (Å²) < 4.78 is 5.46. The van der Waals surface area contributed by atoms with E-state index in [9.17, 15) is 0 Å². The number of ether oxygens (including phenoxy) is 1. The first-order valence-corrected chi connectivity index (χ1v) is 9.14. The summed E-state index contributed by atoms with van der Waals surface area (Å²) in [5.74, 6) is 0.592. The molecule has 0 N–H and O–H groups in total. The lowest BCUT2D eigenvalue weighted by molar-refractivity contribution is 0.0184. The number of halogens is 1. The highest BCUT2D eigenvalue weighted by molar-refractivity contribution is 9.09. The van der Waals surface area contributed by atoms with Gasteiger partial charge in [-0.2, -0.15) is 0 Å². The molecule has 2 aliphatic heterocycles. The third-order valence-electron chi connectivity index (χ3n) is 4.75. The fourth-order valence-electron chi connectivity index (χ4n) is 3.50. The second kappa shape index (κ2) is 7.73. The number of morpholine rings is 1. The Balaban J connectivity index is 1.53. The largest absolute Gasteiger partial charge is 0.379 e. The highest BCUT2D eigenvalue weighted by Gasteiger charge is 2.29. The summed E-state index contributed by atoms with van der Waals surface area (Å²) in [6.45, 7) is 7.65. The number of alkyl halides is 1. The smallest absolute Gasteiger partial charge is 0.0594 e. The quantitative estimate of drug-likeness (QED) is 0.757. The van der Waals surface area contributed by atoms with Gasteiger partial charge in [0.25, 0.3) is 0 Å². The Labute approximate surface area is 136 Å². The molecule has 2 aliphatic rings. The number of rotatable bonds is 5. The normalized spacial score (nSPS) is 26.0. The molecule has 3 rings (SSSR count). The van der Waals surface area contributed by atoms with Crippen LogP contribution >= 0.6 is 15.9 Å². The van der Waals surface area contributed by atoms with E-state index in [1.165, 1.54) is 25.1 Å². The molecule has 1 aromatic carbocycles. The summed E-state index contributed by atoms with van der Waals surface area (Å²) in [6.07, 6.45) is 1.31. The van der Waals surface area contributed by atoms with Gasteiger partial charge in [0, 0.05) is 43.5 Å². The van der Waals surface area contributed by atoms with Gasteiger partial charge >= 0.3 is 0 Å². The molecule has 2 fully saturated rings. The second-order valence-electron chi connectivity index (χ2n) is 6.11. The molecule has 116 valence electrons. The summed E-state index contributed by atoms with van der Waals surface area (Å²) in [5, 5.41) is 1.04. The average molecular weight is 353 g/mol. The van der Waals surface area contributed by atoms with Gasteiger partial charge in [-0.3, -0.25) is 4.90 Å². The van der Waals surface area contributed by atoms with Crippen LogP contribution in [0.25, 0.3) is 0 Å². The molecule has 0 aromatic heterocycles. The van der Waals surface area contributed by atoms with E-state index >= 15 is 0 Å². The minimum absolute atomic E-state index is 0.592. The van der Waals surface area contributed by atoms with Gasteiger partial charge in [0.15, 0.2) is 0 Å². The third kappa shape index (κ3) is 4.07. The van der Waals surface area contributed by atoms with Crippen molar-refractivity contribution in [2.75, 3.05) is 51.3 Å². The Hall–Kier alpha value is -0.420. The van der Waals surface area contributed by atoms with Gasteiger partial charge in [0.1, 0.15) is 0 Å². The van der Waals surface area contributed by atoms with Gasteiger partial charge in [-0.15, -0.1) is 0 Å². The molecule has 0 spiro atoms. The number of hydrogen-bond donors (Lipinski definition) is 0. The molecule has 21 heavy (non-hydrogen) atoms. The first kappa shape index (κ1) is 15.5. The van der Waals surface area contributed by atoms with Gasteiger partial charge in [0.2, 0.25) is 0 Å². The van der Waals surface area contributed by atoms with Gasteiger partial charge in [-0.25, -0.2) is 0 Å². The maximum atomic E-state index is 5.46. The van der Waals surface area contributed by atoms with E-state index < -0.39 is 0 Å². The molecular weight excluding hydrogens is 328 g/mol. The molecule has 0 aliphatic carbocycles. The van der Waals surface area contributed by atoms with E-state index in [1.54, 1.807) is 0 Å². The van der Waals surface area contributed by atoms with Crippen molar-refractivity contribution < 1.29 is 4.74 Å². The highest BCUT2D eigenvalue weighted by atomic mass is 79.9. The van der Waals surface area contributed by atoms with E-state index in [0.29, 0.717) is 5.92 Å². The van der Waals surface area contributed by atoms with Crippen LogP contribution in [-0.4, -0.2) is 67.1 Å². The van der Waals surface area contributed by atoms with Crippen LogP contribution in [0.1, 0.15) is 17.9 Å². The minimum Gasteiger partial charge on any atom is -0.379 e. The fourth-order valence-corrected chi connectivity index (χ4v) is 4.08. The monoisotopic (exact) mass is 352 g/mol. The molecule has 3 nitrogen and oxygen atoms in total. The molecule has 4 heteroatoms. The van der Waals surface area contributed by atoms with E-state index in [0.717, 1.165) is 44.2 Å². The van der Waals surface area contributed by atoms with Crippen LogP contribution in [0.2, 0.25) is 0 Å². The molecule has 2 unspecified atom stereocenters. The molecule has 2 atom stereocenters. The van der Waals surface area contributed by atoms with Crippen molar-refractivity contribution in [3.8, 4) is 0 Å². The molecule has 0 bridgehead atoms. The Kier molecular flexibility index (Phi) is 5.69. The molecule has 1 aromatic rings. The first-order valence-electron chi connectivity index (χ1n) is 8.02. The minimum atomic E-state index is 0.592. The van der Waals surface area contributed by atoms with E-state index in [2.05, 4.69) is 56.1 Å². The summed E-state index contributed by atoms with van der Waals surface area (Å²) in [7, 11) is 0. The van der Waals surface area contributed by atoms with Crippen molar-refractivity contribution in [2.45, 2.75) is 18.4 Å². The summed E-state index contributed by atoms with van der Waals surface area (Å²) >= 11 is 3.70. The van der Waals surface area contributed by atoms with Crippen LogP contribution in [0.15, 0.2) is 30.3 Å². The maximum absolute atomic E-state index is 5.46. The molecular formula is C17H25BrN2O. The second-order valence-corrected chi connectivity index (χ2v) is 6.76.